The fraction of sp³-hybridized carbons (Fsp3) is 0.207. The molecule has 4 aromatic rings. The molecule has 3 nitrogen and oxygen atoms in total. The van der Waals surface area contributed by atoms with E-state index in [-0.39, 0.29) is 4.75 Å². The van der Waals surface area contributed by atoms with Gasteiger partial charge in [0.05, 0.1) is 10.4 Å². The third-order valence-corrected chi connectivity index (χ3v) is 7.31. The van der Waals surface area contributed by atoms with Crippen molar-refractivity contribution in [3.05, 3.63) is 132 Å². The van der Waals surface area contributed by atoms with Crippen LogP contribution in [0.4, 0.5) is 5.69 Å². The Kier molecular flexibility index (Phi) is 7.82. The normalized spacial score (nSPS) is 11.3. The van der Waals surface area contributed by atoms with E-state index >= 15 is 0 Å². The molecular weight excluding hydrogens is 422 g/mol. The zero-order valence-corrected chi connectivity index (χ0v) is 20.1. The Labute approximate surface area is 201 Å². The monoisotopic (exact) mass is 453 g/mol. The molecule has 0 amide bonds. The number of aromatic nitrogens is 1. The number of anilines is 1. The van der Waals surface area contributed by atoms with Gasteiger partial charge < -0.3 is 10.2 Å². The number of hydrogen-bond acceptors (Lipinski definition) is 4. The first-order valence-electron chi connectivity index (χ1n) is 11.3. The maximum absolute atomic E-state index is 4.51. The smallest absolute Gasteiger partial charge is 0.0907 e. The molecule has 0 radical (unpaired) electrons. The Morgan fingerprint density at radius 2 is 1.27 bits per heavy atom. The maximum Gasteiger partial charge on any atom is 0.0907 e. The van der Waals surface area contributed by atoms with Crippen LogP contribution in [0.3, 0.4) is 0 Å². The van der Waals surface area contributed by atoms with E-state index in [0.29, 0.717) is 0 Å². The minimum Gasteiger partial charge on any atom is -0.378 e. The molecule has 0 fully saturated rings. The lowest BCUT2D eigenvalue weighted by Crippen LogP contribution is -2.28. The average Bonchev–Trinajstić information content (AvgIpc) is 2.88. The van der Waals surface area contributed by atoms with Crippen molar-refractivity contribution in [3.8, 4) is 0 Å². The van der Waals surface area contributed by atoms with Crippen LogP contribution < -0.4 is 10.2 Å². The Bertz CT molecular complexity index is 1020. The van der Waals surface area contributed by atoms with Gasteiger partial charge in [-0.25, -0.2) is 0 Å². The number of pyridine rings is 1. The molecule has 4 heteroatoms. The van der Waals surface area contributed by atoms with Crippen molar-refractivity contribution in [1.29, 1.82) is 0 Å². The number of nitrogens with one attached hydrogen (secondary N) is 1. The molecular formula is C29H31N3S. The van der Waals surface area contributed by atoms with Crippen molar-refractivity contribution in [1.82, 2.24) is 10.3 Å². The van der Waals surface area contributed by atoms with E-state index in [1.54, 1.807) is 0 Å². The van der Waals surface area contributed by atoms with Gasteiger partial charge in [-0.1, -0.05) is 91.0 Å². The highest BCUT2D eigenvalue weighted by Crippen LogP contribution is 2.48. The van der Waals surface area contributed by atoms with E-state index in [4.69, 9.17) is 0 Å². The summed E-state index contributed by atoms with van der Waals surface area (Å²) in [6.07, 6.45) is 1.88. The number of thioether (sulfide) groups is 1. The lowest BCUT2D eigenvalue weighted by atomic mass is 9.84. The first kappa shape index (κ1) is 23.1. The predicted molar refractivity (Wildman–Crippen MR) is 142 cm³/mol. The van der Waals surface area contributed by atoms with Gasteiger partial charge in [0.1, 0.15) is 0 Å². The molecule has 0 aliphatic carbocycles. The third-order valence-electron chi connectivity index (χ3n) is 5.76. The molecule has 0 saturated carbocycles. The van der Waals surface area contributed by atoms with Crippen LogP contribution in [-0.4, -0.2) is 31.4 Å². The Hall–Kier alpha value is -3.08. The van der Waals surface area contributed by atoms with Gasteiger partial charge in [-0.15, -0.1) is 11.8 Å². The second kappa shape index (κ2) is 11.2. The molecule has 0 saturated heterocycles. The Balaban J connectivity index is 1.55. The molecule has 1 N–H and O–H groups in total. The van der Waals surface area contributed by atoms with E-state index in [1.165, 1.54) is 22.4 Å². The van der Waals surface area contributed by atoms with Crippen LogP contribution in [0.25, 0.3) is 0 Å². The van der Waals surface area contributed by atoms with Crippen molar-refractivity contribution < 1.29 is 0 Å². The highest BCUT2D eigenvalue weighted by molar-refractivity contribution is 8.00. The minimum absolute atomic E-state index is 0.269. The van der Waals surface area contributed by atoms with Gasteiger partial charge in [-0.3, -0.25) is 4.98 Å². The van der Waals surface area contributed by atoms with Crippen molar-refractivity contribution in [2.75, 3.05) is 31.3 Å². The van der Waals surface area contributed by atoms with Crippen LogP contribution in [0.2, 0.25) is 0 Å². The number of hydrogen-bond donors (Lipinski definition) is 1. The molecule has 0 bridgehead atoms. The van der Waals surface area contributed by atoms with E-state index in [2.05, 4.69) is 126 Å². The number of nitrogens with zero attached hydrogens (tertiary/aromatic N) is 2. The average molecular weight is 454 g/mol. The molecule has 0 unspecified atom stereocenters. The first-order chi connectivity index (χ1) is 16.2. The summed E-state index contributed by atoms with van der Waals surface area (Å²) in [6, 6.07) is 36.7. The molecule has 33 heavy (non-hydrogen) atoms. The molecule has 168 valence electrons. The number of benzene rings is 3. The lowest BCUT2D eigenvalue weighted by Gasteiger charge is -2.35. The predicted octanol–water partition coefficient (Wildman–Crippen LogP) is 5.96. The fourth-order valence-electron chi connectivity index (χ4n) is 4.10. The van der Waals surface area contributed by atoms with Crippen LogP contribution in [0.15, 0.2) is 109 Å². The standard InChI is InChI=1S/C29H31N3S/c1-32(2)28-18-19-31-27(22-28)23-30-20-21-33-29(24-12-6-3-7-13-24,25-14-8-4-9-15-25)26-16-10-5-11-17-26/h3-19,22,30H,20-21,23H2,1-2H3. The van der Waals surface area contributed by atoms with Crippen LogP contribution in [-0.2, 0) is 11.3 Å². The molecule has 1 heterocycles. The van der Waals surface area contributed by atoms with E-state index in [1.807, 2.05) is 24.0 Å². The van der Waals surface area contributed by atoms with Crippen LogP contribution in [0.5, 0.6) is 0 Å². The summed E-state index contributed by atoms with van der Waals surface area (Å²) in [5.41, 5.74) is 6.13. The molecule has 3 aromatic carbocycles. The van der Waals surface area contributed by atoms with Gasteiger partial charge >= 0.3 is 0 Å². The lowest BCUT2D eigenvalue weighted by molar-refractivity contribution is 0.713. The fourth-order valence-corrected chi connectivity index (χ4v) is 5.56. The zero-order chi connectivity index (χ0) is 22.9. The van der Waals surface area contributed by atoms with Crippen LogP contribution in [0, 0.1) is 0 Å². The van der Waals surface area contributed by atoms with Gasteiger partial charge in [0.2, 0.25) is 0 Å². The molecule has 0 atom stereocenters. The van der Waals surface area contributed by atoms with Crippen molar-refractivity contribution >= 4 is 17.4 Å². The van der Waals surface area contributed by atoms with Crippen molar-refractivity contribution in [2.45, 2.75) is 11.3 Å². The van der Waals surface area contributed by atoms with E-state index < -0.39 is 0 Å². The topological polar surface area (TPSA) is 28.2 Å². The van der Waals surface area contributed by atoms with E-state index in [0.717, 1.165) is 24.5 Å². The molecule has 1 aromatic heterocycles. The van der Waals surface area contributed by atoms with Gasteiger partial charge in [0.15, 0.2) is 0 Å². The molecule has 0 aliphatic rings. The van der Waals surface area contributed by atoms with Gasteiger partial charge in [0, 0.05) is 44.8 Å². The first-order valence-corrected chi connectivity index (χ1v) is 12.3. The highest BCUT2D eigenvalue weighted by Gasteiger charge is 2.36. The summed E-state index contributed by atoms with van der Waals surface area (Å²) in [5, 5.41) is 3.59. The minimum atomic E-state index is -0.269. The zero-order valence-electron chi connectivity index (χ0n) is 19.3. The maximum atomic E-state index is 4.51. The summed E-state index contributed by atoms with van der Waals surface area (Å²) >= 11 is 1.98. The summed E-state index contributed by atoms with van der Waals surface area (Å²) in [4.78, 5) is 6.62. The van der Waals surface area contributed by atoms with Crippen LogP contribution in [0.1, 0.15) is 22.4 Å². The molecule has 0 aliphatic heterocycles. The summed E-state index contributed by atoms with van der Waals surface area (Å²) in [7, 11) is 4.11. The van der Waals surface area contributed by atoms with Gasteiger partial charge in [-0.2, -0.15) is 0 Å². The Morgan fingerprint density at radius 1 is 0.758 bits per heavy atom. The van der Waals surface area contributed by atoms with Gasteiger partial charge in [0.25, 0.3) is 0 Å². The van der Waals surface area contributed by atoms with Crippen molar-refractivity contribution in [3.63, 3.8) is 0 Å². The Morgan fingerprint density at radius 3 is 1.76 bits per heavy atom. The van der Waals surface area contributed by atoms with Crippen LogP contribution >= 0.6 is 11.8 Å². The summed E-state index contributed by atoms with van der Waals surface area (Å²) in [6.45, 7) is 1.66. The quantitative estimate of drug-likeness (QED) is 0.237. The van der Waals surface area contributed by atoms with E-state index in [9.17, 15) is 0 Å². The summed E-state index contributed by atoms with van der Waals surface area (Å²) < 4.78 is -0.269. The molecule has 0 spiro atoms. The third kappa shape index (κ3) is 5.47. The second-order valence-corrected chi connectivity index (χ2v) is 9.51. The highest BCUT2D eigenvalue weighted by atomic mass is 32.2. The number of rotatable bonds is 10. The van der Waals surface area contributed by atoms with Crippen molar-refractivity contribution in [2.24, 2.45) is 0 Å². The molecule has 4 rings (SSSR count). The second-order valence-electron chi connectivity index (χ2n) is 8.20. The van der Waals surface area contributed by atoms with Gasteiger partial charge in [-0.05, 0) is 28.8 Å². The SMILES string of the molecule is CN(C)c1ccnc(CNCCSC(c2ccccc2)(c2ccccc2)c2ccccc2)c1. The largest absolute Gasteiger partial charge is 0.378 e. The summed E-state index contributed by atoms with van der Waals surface area (Å²) in [5.74, 6) is 0.964.